The number of allylic oxidation sites excluding steroid dienone is 1. The maximum Gasteiger partial charge on any atom is 0.267 e. The van der Waals surface area contributed by atoms with E-state index < -0.39 is 28.0 Å². The third-order valence-electron chi connectivity index (χ3n) is 7.46. The van der Waals surface area contributed by atoms with Crippen molar-refractivity contribution in [2.45, 2.75) is 180 Å². The summed E-state index contributed by atoms with van der Waals surface area (Å²) >= 11 is 0. The Morgan fingerprint density at radius 3 is 1.46 bits per heavy atom. The molecule has 7 heteroatoms. The SMILES string of the molecule is CCCCCCCCCCCCC/C=C/[C@@H](O)[C@H](CS(=O)(=O)O)NC(=O)CCCCCCCCCCCCC. The van der Waals surface area contributed by atoms with E-state index in [1.54, 1.807) is 6.08 Å². The van der Waals surface area contributed by atoms with Gasteiger partial charge in [0.15, 0.2) is 0 Å². The molecule has 0 unspecified atom stereocenters. The number of nitrogens with one attached hydrogen (secondary N) is 1. The maximum atomic E-state index is 12.4. The smallest absolute Gasteiger partial charge is 0.267 e. The van der Waals surface area contributed by atoms with Crippen LogP contribution in [0.25, 0.3) is 0 Å². The second-order valence-electron chi connectivity index (χ2n) is 11.5. The number of carbonyl (C=O) groups is 1. The van der Waals surface area contributed by atoms with Crippen molar-refractivity contribution in [1.29, 1.82) is 0 Å². The molecule has 0 aromatic carbocycles. The van der Waals surface area contributed by atoms with Crippen molar-refractivity contribution in [2.24, 2.45) is 0 Å². The van der Waals surface area contributed by atoms with Crippen LogP contribution in [0.4, 0.5) is 0 Å². The zero-order chi connectivity index (χ0) is 29.0. The number of carbonyl (C=O) groups excluding carboxylic acids is 1. The molecule has 2 atom stereocenters. The Bertz CT molecular complexity index is 680. The minimum atomic E-state index is -4.33. The van der Waals surface area contributed by atoms with Gasteiger partial charge < -0.3 is 10.4 Å². The van der Waals surface area contributed by atoms with E-state index in [2.05, 4.69) is 19.2 Å². The van der Waals surface area contributed by atoms with Crippen molar-refractivity contribution >= 4 is 16.0 Å². The standard InChI is InChI=1S/C32H63NO5S/c1-3-5-7-9-11-13-15-16-18-19-21-23-25-27-31(34)30(29-39(36,37)38)33-32(35)28-26-24-22-20-17-14-12-10-8-6-4-2/h25,27,30-31,34H,3-24,26,28-29H2,1-2H3,(H,33,35)(H,36,37,38)/b27-25+/t30-,31+/m0/s1. The minimum Gasteiger partial charge on any atom is -0.387 e. The molecule has 0 aliphatic rings. The average Bonchev–Trinajstić information content (AvgIpc) is 2.88. The van der Waals surface area contributed by atoms with Crippen LogP contribution in [0.1, 0.15) is 168 Å². The predicted molar refractivity (Wildman–Crippen MR) is 166 cm³/mol. The Morgan fingerprint density at radius 2 is 1.05 bits per heavy atom. The van der Waals surface area contributed by atoms with Crippen molar-refractivity contribution in [3.05, 3.63) is 12.2 Å². The van der Waals surface area contributed by atoms with Crippen LogP contribution < -0.4 is 5.32 Å². The first-order valence-electron chi connectivity index (χ1n) is 16.4. The molecule has 0 aliphatic carbocycles. The van der Waals surface area contributed by atoms with Crippen LogP contribution in [-0.4, -0.2) is 41.9 Å². The summed E-state index contributed by atoms with van der Waals surface area (Å²) in [6.45, 7) is 4.47. The monoisotopic (exact) mass is 573 g/mol. The van der Waals surface area contributed by atoms with Gasteiger partial charge in [0.05, 0.1) is 17.9 Å². The van der Waals surface area contributed by atoms with Crippen molar-refractivity contribution in [1.82, 2.24) is 5.32 Å². The minimum absolute atomic E-state index is 0.280. The van der Waals surface area contributed by atoms with Gasteiger partial charge in [0, 0.05) is 6.42 Å². The quantitative estimate of drug-likeness (QED) is 0.0472. The zero-order valence-electron chi connectivity index (χ0n) is 25.5. The molecule has 232 valence electrons. The predicted octanol–water partition coefficient (Wildman–Crippen LogP) is 8.68. The summed E-state index contributed by atoms with van der Waals surface area (Å²) in [5, 5.41) is 13.1. The summed E-state index contributed by atoms with van der Waals surface area (Å²) in [4.78, 5) is 12.4. The first kappa shape index (κ1) is 38.1. The topological polar surface area (TPSA) is 104 Å². The number of unbranched alkanes of at least 4 members (excludes halogenated alkanes) is 21. The van der Waals surface area contributed by atoms with Gasteiger partial charge in [-0.1, -0.05) is 154 Å². The first-order valence-corrected chi connectivity index (χ1v) is 18.0. The second-order valence-corrected chi connectivity index (χ2v) is 12.9. The van der Waals surface area contributed by atoms with Crippen LogP contribution in [0.2, 0.25) is 0 Å². The van der Waals surface area contributed by atoms with Crippen LogP contribution in [0.3, 0.4) is 0 Å². The maximum absolute atomic E-state index is 12.4. The van der Waals surface area contributed by atoms with E-state index in [1.165, 1.54) is 109 Å². The second kappa shape index (κ2) is 27.3. The molecule has 1 amide bonds. The van der Waals surface area contributed by atoms with Crippen molar-refractivity contribution in [3.63, 3.8) is 0 Å². The highest BCUT2D eigenvalue weighted by Crippen LogP contribution is 2.14. The highest BCUT2D eigenvalue weighted by molar-refractivity contribution is 7.85. The van der Waals surface area contributed by atoms with Crippen LogP contribution in [0.15, 0.2) is 12.2 Å². The van der Waals surface area contributed by atoms with Gasteiger partial charge in [-0.05, 0) is 19.3 Å². The van der Waals surface area contributed by atoms with Crippen LogP contribution in [0.5, 0.6) is 0 Å². The van der Waals surface area contributed by atoms with Gasteiger partial charge >= 0.3 is 0 Å². The Kier molecular flexibility index (Phi) is 26.6. The Morgan fingerprint density at radius 1 is 0.667 bits per heavy atom. The molecule has 0 heterocycles. The third-order valence-corrected chi connectivity index (χ3v) is 8.24. The highest BCUT2D eigenvalue weighted by Gasteiger charge is 2.24. The fourth-order valence-corrected chi connectivity index (χ4v) is 5.71. The van der Waals surface area contributed by atoms with E-state index in [4.69, 9.17) is 0 Å². The van der Waals surface area contributed by atoms with E-state index in [-0.39, 0.29) is 5.91 Å². The molecule has 0 spiro atoms. The lowest BCUT2D eigenvalue weighted by atomic mass is 10.0. The molecule has 0 bridgehead atoms. The summed E-state index contributed by atoms with van der Waals surface area (Å²) < 4.78 is 32.2. The van der Waals surface area contributed by atoms with E-state index >= 15 is 0 Å². The zero-order valence-corrected chi connectivity index (χ0v) is 26.3. The number of hydrogen-bond donors (Lipinski definition) is 3. The van der Waals surface area contributed by atoms with Crippen molar-refractivity contribution in [3.8, 4) is 0 Å². The largest absolute Gasteiger partial charge is 0.387 e. The molecule has 0 saturated heterocycles. The normalized spacial score (nSPS) is 13.6. The van der Waals surface area contributed by atoms with E-state index in [1.807, 2.05) is 6.08 Å². The van der Waals surface area contributed by atoms with Gasteiger partial charge in [-0.2, -0.15) is 8.42 Å². The summed E-state index contributed by atoms with van der Waals surface area (Å²) in [5.41, 5.74) is 0. The van der Waals surface area contributed by atoms with Gasteiger partial charge in [-0.3, -0.25) is 9.35 Å². The molecule has 6 nitrogen and oxygen atoms in total. The van der Waals surface area contributed by atoms with Gasteiger partial charge in [0.1, 0.15) is 0 Å². The number of amides is 1. The molecule has 0 radical (unpaired) electrons. The fourth-order valence-electron chi connectivity index (χ4n) is 4.98. The fraction of sp³-hybridized carbons (Fsp3) is 0.906. The molecule has 0 aromatic rings. The number of rotatable bonds is 29. The molecule has 39 heavy (non-hydrogen) atoms. The van der Waals surface area contributed by atoms with Gasteiger partial charge in [-0.25, -0.2) is 0 Å². The van der Waals surface area contributed by atoms with E-state index in [9.17, 15) is 22.9 Å². The highest BCUT2D eigenvalue weighted by atomic mass is 32.2. The van der Waals surface area contributed by atoms with Gasteiger partial charge in [0.2, 0.25) is 5.91 Å². The van der Waals surface area contributed by atoms with E-state index in [0.717, 1.165) is 38.5 Å². The molecular weight excluding hydrogens is 510 g/mol. The molecule has 0 rings (SSSR count). The molecule has 3 N–H and O–H groups in total. The molecule has 0 fully saturated rings. The molecular formula is C32H63NO5S. The van der Waals surface area contributed by atoms with Gasteiger partial charge in [-0.15, -0.1) is 0 Å². The van der Waals surface area contributed by atoms with E-state index in [0.29, 0.717) is 6.42 Å². The lowest BCUT2D eigenvalue weighted by molar-refractivity contribution is -0.122. The third kappa shape index (κ3) is 28.4. The average molecular weight is 574 g/mol. The van der Waals surface area contributed by atoms with Crippen molar-refractivity contribution in [2.75, 3.05) is 5.75 Å². The summed E-state index contributed by atoms with van der Waals surface area (Å²) in [6, 6.07) is -1.05. The molecule has 0 aromatic heterocycles. The number of hydrogen-bond acceptors (Lipinski definition) is 4. The van der Waals surface area contributed by atoms with Crippen LogP contribution >= 0.6 is 0 Å². The Labute approximate surface area is 241 Å². The molecule has 0 saturated carbocycles. The summed E-state index contributed by atoms with van der Waals surface area (Å²) in [7, 11) is -4.33. The lowest BCUT2D eigenvalue weighted by Crippen LogP contribution is -2.46. The number of aliphatic hydroxyl groups excluding tert-OH is 1. The van der Waals surface area contributed by atoms with Crippen molar-refractivity contribution < 1.29 is 22.9 Å². The first-order chi connectivity index (χ1) is 18.8. The summed E-state index contributed by atoms with van der Waals surface area (Å²) in [6.07, 6.45) is 30.5. The van der Waals surface area contributed by atoms with Crippen LogP contribution in [-0.2, 0) is 14.9 Å². The van der Waals surface area contributed by atoms with Crippen LogP contribution in [0, 0.1) is 0 Å². The molecule has 0 aliphatic heterocycles. The summed E-state index contributed by atoms with van der Waals surface area (Å²) in [5.74, 6) is -0.974. The Hall–Kier alpha value is -0.920. The van der Waals surface area contributed by atoms with Gasteiger partial charge in [0.25, 0.3) is 10.1 Å². The Balaban J connectivity index is 4.05. The number of aliphatic hydroxyl groups is 1. The lowest BCUT2D eigenvalue weighted by Gasteiger charge is -2.21.